The second kappa shape index (κ2) is 38.9. The van der Waals surface area contributed by atoms with Gasteiger partial charge in [0, 0.05) is 117 Å². The summed E-state index contributed by atoms with van der Waals surface area (Å²) < 4.78 is 59.6. The number of fused-ring (bicyclic) bond motifs is 25. The molecule has 0 amide bonds. The van der Waals surface area contributed by atoms with Gasteiger partial charge < -0.3 is 22.1 Å². The normalized spacial score (nSPS) is 13.5. The average Bonchev–Trinajstić information content (AvgIpc) is 1.60. The van der Waals surface area contributed by atoms with Crippen LogP contribution in [-0.4, -0.2) is 0 Å². The van der Waals surface area contributed by atoms with Crippen molar-refractivity contribution >= 4 is 164 Å². The topological polar surface area (TPSA) is 85.1 Å². The van der Waals surface area contributed by atoms with Crippen molar-refractivity contribution in [2.45, 2.75) is 146 Å². The molecule has 2 fully saturated rings. The fraction of sp³-hybridized carbons (Fsp3) is 0.222. The van der Waals surface area contributed by atoms with Crippen molar-refractivity contribution in [2.24, 2.45) is 53.0 Å². The first-order valence-corrected chi connectivity index (χ1v) is 52.0. The van der Waals surface area contributed by atoms with Crippen LogP contribution in [0.4, 0.5) is 0 Å². The number of furan rings is 5. The van der Waals surface area contributed by atoms with Crippen LogP contribution in [0.25, 0.3) is 220 Å². The molecule has 2 aliphatic rings. The summed E-state index contributed by atoms with van der Waals surface area (Å²) in [7, 11) is 10.5. The standard InChI is InChI=1S/C30H30NO.C29H28NO.C27H26NO.C25H22NO.C24H20NO/c1-20-12-14-25-29-24-11-7-6-10-23(24)13-15-27(29)32-30(25)28(20)26-19-22(16-17-31(26)2)18-21-8-4-3-5-9-21;1-19-11-13-24-28-23-10-6-5-9-22(23)12-14-26(28)31-29(24)27(19)25-18-21(15-16-30(25)2)17-20-7-3-4-8-20;1-17(2)15-19-13-14-28(4)23(16-19)25-18(3)9-11-22-26-21-8-6-5-7-20(21)10-12-24(26)29-27(22)25;1-4-17-13-14-26(3)21(15-17)23-16(2)9-11-20-24-19-8-6-5-7-18(19)10-12-22(24)27-25(20)23;1-15-12-13-25(3)20(14-15)22-16(2)8-10-19-23-18-7-5-4-6-17(18)9-11-21(23)26-24(19)22/h6-7,10-17,19,21H,3-5,8-9,18H2,1-2H3;5-6,9-16,18,20H,3-4,7-8,17H2,1-2H3;5-14,16-17H,15H2,1-4H3;5-15H,4H2,1-3H3;4-14H,1-3H3/q5*+1/i;;;4D2;. The third-order valence-electron chi connectivity index (χ3n) is 31.3. The molecular formula is C135H126N5O5+5. The van der Waals surface area contributed by atoms with Gasteiger partial charge in [0.1, 0.15) is 91.1 Å². The summed E-state index contributed by atoms with van der Waals surface area (Å²) in [6.45, 7) is 19.1. The molecule has 10 heteroatoms. The van der Waals surface area contributed by atoms with E-state index in [1.54, 1.807) is 6.92 Å². The predicted molar refractivity (Wildman–Crippen MR) is 601 cm³/mol. The van der Waals surface area contributed by atoms with Gasteiger partial charge in [0.05, 0.1) is 27.8 Å². The number of hydrogen-bond donors (Lipinski definition) is 0. The van der Waals surface area contributed by atoms with E-state index in [-0.39, 0.29) is 0 Å². The summed E-state index contributed by atoms with van der Waals surface area (Å²) in [6, 6.07) is 108. The van der Waals surface area contributed by atoms with E-state index in [9.17, 15) is 0 Å². The maximum absolute atomic E-state index is 8.13. The maximum Gasteiger partial charge on any atom is 0.216 e. The highest BCUT2D eigenvalue weighted by molar-refractivity contribution is 6.26. The molecule has 2 aliphatic carbocycles. The highest BCUT2D eigenvalue weighted by Gasteiger charge is 2.31. The van der Waals surface area contributed by atoms with Crippen molar-refractivity contribution in [2.75, 3.05) is 0 Å². The van der Waals surface area contributed by atoms with Crippen molar-refractivity contribution in [3.8, 4) is 56.3 Å². The molecule has 0 radical (unpaired) electrons. The molecule has 0 unspecified atom stereocenters. The summed E-state index contributed by atoms with van der Waals surface area (Å²) in [6.07, 6.45) is 25.2. The summed E-state index contributed by atoms with van der Waals surface area (Å²) >= 11 is 0. The van der Waals surface area contributed by atoms with E-state index in [0.717, 1.165) is 102 Å². The Bertz CT molecular complexity index is 9520. The van der Waals surface area contributed by atoms with Gasteiger partial charge >= 0.3 is 0 Å². The lowest BCUT2D eigenvalue weighted by molar-refractivity contribution is -0.660. The average molecular weight is 1900 g/mol. The molecule has 0 atom stereocenters. The van der Waals surface area contributed by atoms with Crippen LogP contribution in [-0.2, 0) is 60.9 Å². The van der Waals surface area contributed by atoms with Gasteiger partial charge in [0.2, 0.25) is 28.5 Å². The number of aromatic nitrogens is 5. The SMILES string of the molecule is Cc1cc[n+](C)c(-c2c(C)ccc3c2oc2ccc4ccccc4c23)c1.Cc1ccc2c(oc3ccc4ccccc4c32)c1-c1cc(CC(C)C)cc[n+]1C.Cc1ccc2c(oc3ccc4ccccc4c32)c1-c1cc(CC2CCCC2)cc[n+]1C.Cc1ccc2c(oc3ccc4ccccc4c32)c1-c1cc(CC2CCCCC2)cc[n+]1C.[2H]C([2H])(C)c1cc[n+](C)c(-c2c(C)ccc3c2oc2ccc4ccccc4c23)c1. The molecule has 15 aromatic carbocycles. The summed E-state index contributed by atoms with van der Waals surface area (Å²) in [5, 5.41) is 24.2. The van der Waals surface area contributed by atoms with E-state index in [4.69, 9.17) is 24.8 Å². The van der Waals surface area contributed by atoms with Crippen LogP contribution in [0.3, 0.4) is 0 Å². The number of pyridine rings is 5. The Morgan fingerprint density at radius 1 is 0.262 bits per heavy atom. The third kappa shape index (κ3) is 17.4. The van der Waals surface area contributed by atoms with E-state index >= 15 is 0 Å². The first kappa shape index (κ1) is 90.6. The van der Waals surface area contributed by atoms with Gasteiger partial charge in [-0.25, -0.2) is 22.8 Å². The third-order valence-corrected chi connectivity index (χ3v) is 31.3. The summed E-state index contributed by atoms with van der Waals surface area (Å²) in [5.74, 6) is 2.30. The molecule has 10 heterocycles. The fourth-order valence-electron chi connectivity index (χ4n) is 23.7. The molecule has 145 heavy (non-hydrogen) atoms. The molecule has 0 saturated heterocycles. The summed E-state index contributed by atoms with van der Waals surface area (Å²) in [5.41, 5.74) is 33.3. The minimum absolute atomic E-state index is 0.630. The zero-order valence-electron chi connectivity index (χ0n) is 87.7. The Balaban J connectivity index is 0.000000101. The molecule has 0 N–H and O–H groups in total. The molecule has 0 bridgehead atoms. The van der Waals surface area contributed by atoms with E-state index in [2.05, 4.69) is 412 Å². The van der Waals surface area contributed by atoms with Gasteiger partial charge in [-0.15, -0.1) is 0 Å². The molecular weight excluding hydrogens is 1770 g/mol. The van der Waals surface area contributed by atoms with E-state index < -0.39 is 6.37 Å². The van der Waals surface area contributed by atoms with Gasteiger partial charge in [-0.1, -0.05) is 291 Å². The second-order valence-electron chi connectivity index (χ2n) is 41.6. The minimum Gasteiger partial charge on any atom is -0.455 e. The largest absolute Gasteiger partial charge is 0.455 e. The van der Waals surface area contributed by atoms with E-state index in [1.807, 2.05) is 36.0 Å². The van der Waals surface area contributed by atoms with Gasteiger partial charge in [-0.2, -0.15) is 0 Å². The minimum atomic E-state index is -1.41. The molecule has 25 aromatic rings. The van der Waals surface area contributed by atoms with E-state index in [1.165, 1.54) is 257 Å². The van der Waals surface area contributed by atoms with Crippen LogP contribution in [0, 0.1) is 59.3 Å². The Hall–Kier alpha value is -15.7. The Morgan fingerprint density at radius 2 is 0.503 bits per heavy atom. The number of aryl methyl sites for hydroxylation is 12. The molecule has 2 saturated carbocycles. The Kier molecular flexibility index (Phi) is 24.3. The van der Waals surface area contributed by atoms with Crippen molar-refractivity contribution in [1.82, 2.24) is 0 Å². The van der Waals surface area contributed by atoms with Crippen LogP contribution in [0.15, 0.2) is 356 Å². The van der Waals surface area contributed by atoms with Crippen LogP contribution < -0.4 is 22.8 Å². The number of hydrogen-bond acceptors (Lipinski definition) is 5. The van der Waals surface area contributed by atoms with Crippen LogP contribution in [0.1, 0.15) is 137 Å². The van der Waals surface area contributed by atoms with E-state index in [0.29, 0.717) is 11.5 Å². The molecule has 0 aliphatic heterocycles. The lowest BCUT2D eigenvalue weighted by Crippen LogP contribution is -2.31. The molecule has 10 aromatic heterocycles. The van der Waals surface area contributed by atoms with Gasteiger partial charge in [0.15, 0.2) is 31.0 Å². The number of nitrogens with zero attached hydrogens (tertiary/aromatic N) is 5. The monoisotopic (exact) mass is 1900 g/mol. The van der Waals surface area contributed by atoms with Crippen LogP contribution >= 0.6 is 0 Å². The van der Waals surface area contributed by atoms with Gasteiger partial charge in [-0.3, -0.25) is 0 Å². The van der Waals surface area contributed by atoms with Crippen molar-refractivity contribution < 1.29 is 47.7 Å². The number of rotatable bonds is 12. The summed E-state index contributed by atoms with van der Waals surface area (Å²) in [4.78, 5) is 0. The Labute approximate surface area is 850 Å². The fourth-order valence-corrected chi connectivity index (χ4v) is 23.7. The first-order chi connectivity index (χ1) is 71.4. The lowest BCUT2D eigenvalue weighted by Gasteiger charge is -2.21. The zero-order valence-corrected chi connectivity index (χ0v) is 85.7. The van der Waals surface area contributed by atoms with Crippen molar-refractivity contribution in [3.63, 3.8) is 0 Å². The van der Waals surface area contributed by atoms with Crippen molar-refractivity contribution in [3.05, 3.63) is 390 Å². The lowest BCUT2D eigenvalue weighted by atomic mass is 9.85. The second-order valence-corrected chi connectivity index (χ2v) is 41.6. The number of benzene rings is 15. The highest BCUT2D eigenvalue weighted by Crippen LogP contribution is 2.48. The zero-order chi connectivity index (χ0) is 101. The smallest absolute Gasteiger partial charge is 0.216 e. The maximum atomic E-state index is 8.13. The predicted octanol–water partition coefficient (Wildman–Crippen LogP) is 33.6. The first-order valence-electron chi connectivity index (χ1n) is 53.0. The van der Waals surface area contributed by atoms with Crippen LogP contribution in [0.2, 0.25) is 0 Å². The molecule has 0 spiro atoms. The molecule has 716 valence electrons. The Morgan fingerprint density at radius 3 is 0.786 bits per heavy atom. The van der Waals surface area contributed by atoms with Crippen LogP contribution in [0.5, 0.6) is 0 Å². The molecule has 27 rings (SSSR count). The van der Waals surface area contributed by atoms with Crippen molar-refractivity contribution in [1.29, 1.82) is 0 Å². The highest BCUT2D eigenvalue weighted by atomic mass is 16.3. The van der Waals surface area contributed by atoms with Gasteiger partial charge in [0.25, 0.3) is 0 Å². The quantitative estimate of drug-likeness (QED) is 0.114. The molecule has 10 nitrogen and oxygen atoms in total. The van der Waals surface area contributed by atoms with Gasteiger partial charge in [-0.05, 0) is 225 Å².